The lowest BCUT2D eigenvalue weighted by molar-refractivity contribution is -0.142. The van der Waals surface area contributed by atoms with Gasteiger partial charge in [0.05, 0.1) is 5.75 Å². The smallest absolute Gasteiger partial charge is 0.251 e. The van der Waals surface area contributed by atoms with E-state index in [1.165, 1.54) is 4.31 Å². The molecule has 0 aromatic rings. The summed E-state index contributed by atoms with van der Waals surface area (Å²) in [7, 11) is -1.53. The van der Waals surface area contributed by atoms with E-state index in [0.717, 1.165) is 38.4 Å². The Morgan fingerprint density at radius 1 is 1.21 bits per heavy atom. The van der Waals surface area contributed by atoms with E-state index >= 15 is 0 Å². The second kappa shape index (κ2) is 11.0. The highest BCUT2D eigenvalue weighted by molar-refractivity contribution is 7.89. The third kappa shape index (κ3) is 6.31. The van der Waals surface area contributed by atoms with Crippen molar-refractivity contribution in [1.29, 1.82) is 0 Å². The Labute approximate surface area is 169 Å². The Kier molecular flexibility index (Phi) is 8.97. The summed E-state index contributed by atoms with van der Waals surface area (Å²) in [6.07, 6.45) is 2.19. The molecule has 1 N–H and O–H groups in total. The third-order valence-corrected chi connectivity index (χ3v) is 7.03. The summed E-state index contributed by atoms with van der Waals surface area (Å²) >= 11 is 0. The van der Waals surface area contributed by atoms with Gasteiger partial charge in [-0.15, -0.1) is 0 Å². The van der Waals surface area contributed by atoms with Gasteiger partial charge in [0, 0.05) is 59.5 Å². The molecule has 2 rings (SSSR count). The molecule has 10 heteroatoms. The molecule has 0 aromatic heterocycles. The molecule has 9 nitrogen and oxygen atoms in total. The number of nitrogens with one attached hydrogen (secondary N) is 1. The van der Waals surface area contributed by atoms with Crippen LogP contribution in [0.1, 0.15) is 33.1 Å². The van der Waals surface area contributed by atoms with Gasteiger partial charge in [-0.05, 0) is 33.1 Å². The van der Waals surface area contributed by atoms with Gasteiger partial charge < -0.3 is 19.9 Å². The zero-order valence-electron chi connectivity index (χ0n) is 17.4. The van der Waals surface area contributed by atoms with Crippen molar-refractivity contribution in [2.75, 3.05) is 65.2 Å². The topological polar surface area (TPSA) is 94.5 Å². The fourth-order valence-corrected chi connectivity index (χ4v) is 4.23. The zero-order valence-corrected chi connectivity index (χ0v) is 18.2. The van der Waals surface area contributed by atoms with Crippen LogP contribution < -0.4 is 5.32 Å². The molecule has 2 aliphatic rings. The minimum absolute atomic E-state index is 0.110. The lowest BCUT2D eigenvalue weighted by Crippen LogP contribution is -2.55. The van der Waals surface area contributed by atoms with Gasteiger partial charge in [-0.3, -0.25) is 9.79 Å². The third-order valence-electron chi connectivity index (χ3n) is 5.16. The van der Waals surface area contributed by atoms with Crippen molar-refractivity contribution in [1.82, 2.24) is 19.4 Å². The zero-order chi connectivity index (χ0) is 20.6. The number of aliphatic imine (C=N–C) groups is 1. The molecule has 1 unspecified atom stereocenters. The molecule has 2 saturated heterocycles. The summed E-state index contributed by atoms with van der Waals surface area (Å²) in [5, 5.41) is 3.30. The molecule has 2 aliphatic heterocycles. The van der Waals surface area contributed by atoms with Gasteiger partial charge in [0.15, 0.2) is 5.96 Å². The Hall–Kier alpha value is -1.39. The maximum absolute atomic E-state index is 12.5. The van der Waals surface area contributed by atoms with Crippen molar-refractivity contribution >= 4 is 21.9 Å². The fourth-order valence-electron chi connectivity index (χ4n) is 3.38. The first-order valence-electron chi connectivity index (χ1n) is 10.3. The molecule has 28 heavy (non-hydrogen) atoms. The molecule has 162 valence electrons. The van der Waals surface area contributed by atoms with Gasteiger partial charge in [-0.1, -0.05) is 0 Å². The molecule has 0 bridgehead atoms. The van der Waals surface area contributed by atoms with E-state index in [2.05, 4.69) is 15.2 Å². The number of hydrogen-bond acceptors (Lipinski definition) is 5. The lowest BCUT2D eigenvalue weighted by Gasteiger charge is -2.37. The van der Waals surface area contributed by atoms with E-state index in [1.807, 2.05) is 11.8 Å². The molecule has 0 aliphatic carbocycles. The van der Waals surface area contributed by atoms with Crippen molar-refractivity contribution in [3.8, 4) is 0 Å². The number of ether oxygens (including phenoxy) is 1. The minimum atomic E-state index is -3.14. The fraction of sp³-hybridized carbons (Fsp3) is 0.889. The normalized spacial score (nSPS) is 21.4. The van der Waals surface area contributed by atoms with Gasteiger partial charge in [0.2, 0.25) is 10.0 Å². The van der Waals surface area contributed by atoms with Crippen LogP contribution in [0.4, 0.5) is 0 Å². The first-order chi connectivity index (χ1) is 13.4. The largest absolute Gasteiger partial charge is 0.368 e. The molecule has 0 saturated carbocycles. The Balaban J connectivity index is 1.81. The van der Waals surface area contributed by atoms with Gasteiger partial charge in [-0.2, -0.15) is 0 Å². The van der Waals surface area contributed by atoms with Crippen LogP contribution in [0.5, 0.6) is 0 Å². The van der Waals surface area contributed by atoms with Gasteiger partial charge in [-0.25, -0.2) is 12.7 Å². The number of hydrogen-bond donors (Lipinski definition) is 1. The minimum Gasteiger partial charge on any atom is -0.368 e. The highest BCUT2D eigenvalue weighted by Crippen LogP contribution is 2.16. The van der Waals surface area contributed by atoms with E-state index in [-0.39, 0.29) is 17.8 Å². The molecule has 0 spiro atoms. The molecule has 2 fully saturated rings. The molecular weight excluding hydrogens is 382 g/mol. The average Bonchev–Trinajstić information content (AvgIpc) is 3.24. The van der Waals surface area contributed by atoms with Gasteiger partial charge >= 0.3 is 0 Å². The van der Waals surface area contributed by atoms with Crippen LogP contribution in [0.15, 0.2) is 4.99 Å². The highest BCUT2D eigenvalue weighted by Gasteiger charge is 2.30. The standard InChI is InChI=1S/C18H35N5O4S/c1-4-19-18(20-9-7-10-21(3)28(25,26)5-2)23-13-11-22(12-14-23)17(24)16-8-6-15-27-16/h16H,4-15H2,1-3H3,(H,19,20). The molecule has 1 amide bonds. The monoisotopic (exact) mass is 417 g/mol. The van der Waals surface area contributed by atoms with Crippen LogP contribution >= 0.6 is 0 Å². The van der Waals surface area contributed by atoms with E-state index in [4.69, 9.17) is 4.74 Å². The molecule has 2 heterocycles. The Morgan fingerprint density at radius 3 is 2.46 bits per heavy atom. The summed E-state index contributed by atoms with van der Waals surface area (Å²) in [5.74, 6) is 1.05. The number of sulfonamides is 1. The molecular formula is C18H35N5O4S. The second-order valence-electron chi connectivity index (χ2n) is 7.13. The maximum atomic E-state index is 12.5. The predicted molar refractivity (Wildman–Crippen MR) is 110 cm³/mol. The van der Waals surface area contributed by atoms with Crippen molar-refractivity contribution in [2.24, 2.45) is 4.99 Å². The summed E-state index contributed by atoms with van der Waals surface area (Å²) < 4.78 is 30.5. The Morgan fingerprint density at radius 2 is 1.89 bits per heavy atom. The van der Waals surface area contributed by atoms with E-state index in [9.17, 15) is 13.2 Å². The molecule has 0 radical (unpaired) electrons. The maximum Gasteiger partial charge on any atom is 0.251 e. The van der Waals surface area contributed by atoms with Crippen molar-refractivity contribution < 1.29 is 17.9 Å². The van der Waals surface area contributed by atoms with Crippen LogP contribution in [-0.2, 0) is 19.6 Å². The average molecular weight is 418 g/mol. The summed E-state index contributed by atoms with van der Waals surface area (Å²) in [5.41, 5.74) is 0. The number of carbonyl (C=O) groups is 1. The SMILES string of the molecule is CCNC(=NCCCN(C)S(=O)(=O)CC)N1CCN(C(=O)C2CCCO2)CC1. The van der Waals surface area contributed by atoms with E-state index in [1.54, 1.807) is 14.0 Å². The number of rotatable bonds is 8. The number of guanidine groups is 1. The number of piperazine rings is 1. The van der Waals surface area contributed by atoms with Gasteiger partial charge in [0.25, 0.3) is 5.91 Å². The van der Waals surface area contributed by atoms with Crippen LogP contribution in [0.25, 0.3) is 0 Å². The van der Waals surface area contributed by atoms with E-state index < -0.39 is 10.0 Å². The number of nitrogens with zero attached hydrogens (tertiary/aromatic N) is 4. The summed E-state index contributed by atoms with van der Waals surface area (Å²) in [6, 6.07) is 0. The lowest BCUT2D eigenvalue weighted by atomic mass is 10.2. The van der Waals surface area contributed by atoms with Crippen LogP contribution in [0.2, 0.25) is 0 Å². The van der Waals surface area contributed by atoms with Crippen molar-refractivity contribution in [2.45, 2.75) is 39.2 Å². The molecule has 0 aromatic carbocycles. The van der Waals surface area contributed by atoms with Crippen LogP contribution in [0.3, 0.4) is 0 Å². The highest BCUT2D eigenvalue weighted by atomic mass is 32.2. The predicted octanol–water partition coefficient (Wildman–Crippen LogP) is -0.0533. The molecule has 1 atom stereocenters. The summed E-state index contributed by atoms with van der Waals surface area (Å²) in [4.78, 5) is 21.2. The second-order valence-corrected chi connectivity index (χ2v) is 9.49. The van der Waals surface area contributed by atoms with Crippen LogP contribution in [0, 0.1) is 0 Å². The van der Waals surface area contributed by atoms with Crippen molar-refractivity contribution in [3.63, 3.8) is 0 Å². The summed E-state index contributed by atoms with van der Waals surface area (Å²) in [6.45, 7) is 8.93. The van der Waals surface area contributed by atoms with Crippen LogP contribution in [-0.4, -0.2) is 106 Å². The van der Waals surface area contributed by atoms with E-state index in [0.29, 0.717) is 39.2 Å². The Bertz CT molecular complexity index is 626. The number of carbonyl (C=O) groups excluding carboxylic acids is 1. The van der Waals surface area contributed by atoms with Crippen molar-refractivity contribution in [3.05, 3.63) is 0 Å². The number of amides is 1. The first-order valence-corrected chi connectivity index (χ1v) is 11.9. The van der Waals surface area contributed by atoms with Gasteiger partial charge in [0.1, 0.15) is 6.10 Å². The first kappa shape index (κ1) is 22.9. The quantitative estimate of drug-likeness (QED) is 0.338.